The van der Waals surface area contributed by atoms with Crippen molar-refractivity contribution >= 4 is 12.6 Å². The quantitative estimate of drug-likeness (QED) is 0.747. The van der Waals surface area contributed by atoms with Gasteiger partial charge in [-0.15, -0.1) is 0 Å². The van der Waals surface area contributed by atoms with Crippen LogP contribution in [-0.2, 0) is 4.74 Å². The van der Waals surface area contributed by atoms with Crippen LogP contribution in [0.15, 0.2) is 0 Å². The van der Waals surface area contributed by atoms with Crippen LogP contribution in [0.25, 0.3) is 0 Å². The monoisotopic (exact) mass is 245 g/mol. The van der Waals surface area contributed by atoms with Crippen molar-refractivity contribution in [1.29, 1.82) is 0 Å². The van der Waals surface area contributed by atoms with Crippen molar-refractivity contribution in [3.8, 4) is 0 Å². The Morgan fingerprint density at radius 2 is 2.12 bits per heavy atom. The molecular formula is C13H27NOS. The number of ether oxygens (including phenoxy) is 1. The highest BCUT2D eigenvalue weighted by Gasteiger charge is 2.27. The molecule has 0 N–H and O–H groups in total. The fourth-order valence-corrected chi connectivity index (χ4v) is 2.92. The molecule has 0 spiro atoms. The Bertz CT molecular complexity index is 198. The molecule has 1 aliphatic rings. The number of piperidine rings is 1. The van der Waals surface area contributed by atoms with Crippen LogP contribution in [0.2, 0.25) is 0 Å². The summed E-state index contributed by atoms with van der Waals surface area (Å²) in [6, 6.07) is 0. The second-order valence-electron chi connectivity index (χ2n) is 5.49. The predicted octanol–water partition coefficient (Wildman–Crippen LogP) is 2.55. The summed E-state index contributed by atoms with van der Waals surface area (Å²) in [5, 5.41) is 0. The second-order valence-corrected chi connectivity index (χ2v) is 5.85. The van der Waals surface area contributed by atoms with Gasteiger partial charge in [0.2, 0.25) is 0 Å². The molecule has 0 amide bonds. The van der Waals surface area contributed by atoms with E-state index >= 15 is 0 Å². The van der Waals surface area contributed by atoms with Gasteiger partial charge >= 0.3 is 0 Å². The van der Waals surface area contributed by atoms with Gasteiger partial charge in [0, 0.05) is 20.2 Å². The van der Waals surface area contributed by atoms with Crippen molar-refractivity contribution in [2.75, 3.05) is 32.5 Å². The van der Waals surface area contributed by atoms with Crippen LogP contribution in [0, 0.1) is 17.8 Å². The van der Waals surface area contributed by atoms with Crippen LogP contribution < -0.4 is 0 Å². The number of hydrogen-bond acceptors (Lipinski definition) is 3. The summed E-state index contributed by atoms with van der Waals surface area (Å²) in [6.45, 7) is 10.4. The molecule has 0 aromatic carbocycles. The zero-order valence-corrected chi connectivity index (χ0v) is 12.0. The zero-order valence-electron chi connectivity index (χ0n) is 11.1. The van der Waals surface area contributed by atoms with Gasteiger partial charge in [-0.2, -0.15) is 12.6 Å². The molecule has 0 radical (unpaired) electrons. The van der Waals surface area contributed by atoms with Gasteiger partial charge in [0.05, 0.1) is 6.10 Å². The normalized spacial score (nSPS) is 29.6. The van der Waals surface area contributed by atoms with Crippen molar-refractivity contribution in [2.45, 2.75) is 33.3 Å². The molecular weight excluding hydrogens is 218 g/mol. The minimum atomic E-state index is 0.418. The summed E-state index contributed by atoms with van der Waals surface area (Å²) in [7, 11) is 1.84. The van der Waals surface area contributed by atoms with Gasteiger partial charge in [-0.1, -0.05) is 20.8 Å². The van der Waals surface area contributed by atoms with E-state index in [-0.39, 0.29) is 0 Å². The van der Waals surface area contributed by atoms with E-state index in [4.69, 9.17) is 4.74 Å². The van der Waals surface area contributed by atoms with E-state index in [1.807, 2.05) is 7.11 Å². The number of nitrogens with zero attached hydrogens (tertiary/aromatic N) is 1. The predicted molar refractivity (Wildman–Crippen MR) is 73.2 cm³/mol. The highest BCUT2D eigenvalue weighted by molar-refractivity contribution is 7.80. The summed E-state index contributed by atoms with van der Waals surface area (Å²) >= 11 is 4.46. The lowest BCUT2D eigenvalue weighted by Gasteiger charge is -2.38. The number of rotatable bonds is 5. The smallest absolute Gasteiger partial charge is 0.0724 e. The van der Waals surface area contributed by atoms with E-state index in [1.165, 1.54) is 19.5 Å². The summed E-state index contributed by atoms with van der Waals surface area (Å²) in [5.74, 6) is 3.11. The highest BCUT2D eigenvalue weighted by atomic mass is 32.1. The van der Waals surface area contributed by atoms with Gasteiger partial charge < -0.3 is 9.64 Å². The van der Waals surface area contributed by atoms with Crippen LogP contribution >= 0.6 is 12.6 Å². The summed E-state index contributed by atoms with van der Waals surface area (Å²) < 4.78 is 5.55. The molecule has 2 nitrogen and oxygen atoms in total. The van der Waals surface area contributed by atoms with E-state index in [0.29, 0.717) is 17.9 Å². The fraction of sp³-hybridized carbons (Fsp3) is 1.00. The third-order valence-electron chi connectivity index (χ3n) is 3.95. The molecule has 3 atom stereocenters. The molecule has 0 bridgehead atoms. The van der Waals surface area contributed by atoms with Gasteiger partial charge in [0.15, 0.2) is 0 Å². The topological polar surface area (TPSA) is 12.5 Å². The zero-order chi connectivity index (χ0) is 12.1. The van der Waals surface area contributed by atoms with E-state index in [0.717, 1.165) is 18.2 Å². The van der Waals surface area contributed by atoms with Gasteiger partial charge in [-0.05, 0) is 36.5 Å². The van der Waals surface area contributed by atoms with E-state index in [2.05, 4.69) is 38.3 Å². The minimum Gasteiger partial charge on any atom is -0.380 e. The third kappa shape index (κ3) is 3.94. The molecule has 0 aliphatic carbocycles. The van der Waals surface area contributed by atoms with Crippen LogP contribution in [0.4, 0.5) is 0 Å². The van der Waals surface area contributed by atoms with Gasteiger partial charge in [-0.3, -0.25) is 0 Å². The van der Waals surface area contributed by atoms with Gasteiger partial charge in [0.25, 0.3) is 0 Å². The first-order valence-electron chi connectivity index (χ1n) is 6.44. The largest absolute Gasteiger partial charge is 0.380 e. The fourth-order valence-electron chi connectivity index (χ4n) is 2.38. The standard InChI is InChI=1S/C13H27NOS/c1-10(2)12(9-16)7-14-6-5-11(3)13(8-14)15-4/h10-13,16H,5-9H2,1-4H3. The Kier molecular flexibility index (Phi) is 6.16. The lowest BCUT2D eigenvalue weighted by molar-refractivity contribution is -0.0101. The Balaban J connectivity index is 2.43. The molecule has 1 aliphatic heterocycles. The lowest BCUT2D eigenvalue weighted by Crippen LogP contribution is -2.46. The van der Waals surface area contributed by atoms with Gasteiger partial charge in [-0.25, -0.2) is 0 Å². The molecule has 0 aromatic rings. The van der Waals surface area contributed by atoms with Crippen molar-refractivity contribution in [1.82, 2.24) is 4.90 Å². The second kappa shape index (κ2) is 6.87. The first-order chi connectivity index (χ1) is 7.58. The minimum absolute atomic E-state index is 0.418. The summed E-state index contributed by atoms with van der Waals surface area (Å²) in [5.41, 5.74) is 0. The summed E-state index contributed by atoms with van der Waals surface area (Å²) in [6.07, 6.45) is 1.68. The molecule has 3 unspecified atom stereocenters. The number of hydrogen-bond donors (Lipinski definition) is 1. The summed E-state index contributed by atoms with van der Waals surface area (Å²) in [4.78, 5) is 2.55. The molecule has 0 saturated carbocycles. The Morgan fingerprint density at radius 1 is 1.44 bits per heavy atom. The molecule has 1 fully saturated rings. The molecule has 96 valence electrons. The lowest BCUT2D eigenvalue weighted by atomic mass is 9.92. The average Bonchev–Trinajstić information content (AvgIpc) is 2.27. The molecule has 16 heavy (non-hydrogen) atoms. The maximum Gasteiger partial charge on any atom is 0.0724 e. The Morgan fingerprint density at radius 3 is 2.62 bits per heavy atom. The van der Waals surface area contributed by atoms with Gasteiger partial charge in [0.1, 0.15) is 0 Å². The van der Waals surface area contributed by atoms with Crippen LogP contribution in [0.5, 0.6) is 0 Å². The molecule has 1 rings (SSSR count). The van der Waals surface area contributed by atoms with E-state index in [9.17, 15) is 0 Å². The number of likely N-dealkylation sites (tertiary alicyclic amines) is 1. The SMILES string of the molecule is COC1CN(CC(CS)C(C)C)CCC1C. The molecule has 3 heteroatoms. The Labute approximate surface area is 106 Å². The highest BCUT2D eigenvalue weighted by Crippen LogP contribution is 2.22. The first kappa shape index (κ1) is 14.3. The van der Waals surface area contributed by atoms with Crippen molar-refractivity contribution < 1.29 is 4.74 Å². The average molecular weight is 245 g/mol. The van der Waals surface area contributed by atoms with Crippen LogP contribution in [-0.4, -0.2) is 43.5 Å². The number of thiol groups is 1. The third-order valence-corrected chi connectivity index (χ3v) is 4.42. The molecule has 1 saturated heterocycles. The molecule has 1 heterocycles. The van der Waals surface area contributed by atoms with Crippen molar-refractivity contribution in [2.24, 2.45) is 17.8 Å². The van der Waals surface area contributed by atoms with Crippen LogP contribution in [0.1, 0.15) is 27.2 Å². The van der Waals surface area contributed by atoms with Crippen molar-refractivity contribution in [3.05, 3.63) is 0 Å². The maximum atomic E-state index is 5.55. The van der Waals surface area contributed by atoms with E-state index in [1.54, 1.807) is 0 Å². The molecule has 0 aromatic heterocycles. The first-order valence-corrected chi connectivity index (χ1v) is 7.07. The Hall–Kier alpha value is 0.270. The van der Waals surface area contributed by atoms with E-state index < -0.39 is 0 Å². The van der Waals surface area contributed by atoms with Crippen molar-refractivity contribution in [3.63, 3.8) is 0 Å². The number of methoxy groups -OCH3 is 1. The van der Waals surface area contributed by atoms with Crippen LogP contribution in [0.3, 0.4) is 0 Å². The maximum absolute atomic E-state index is 5.55.